The average Bonchev–Trinajstić information content (AvgIpc) is 2.82. The number of nitrogens with zero attached hydrogens (tertiary/aromatic N) is 1. The van der Waals surface area contributed by atoms with Crippen molar-refractivity contribution in [1.29, 1.82) is 0 Å². The second-order valence-corrected chi connectivity index (χ2v) is 5.88. The van der Waals surface area contributed by atoms with Crippen LogP contribution in [0.3, 0.4) is 0 Å². The van der Waals surface area contributed by atoms with Crippen LogP contribution in [0.25, 0.3) is 11.5 Å². The average molecular weight is 287 g/mol. The van der Waals surface area contributed by atoms with Crippen molar-refractivity contribution in [2.45, 2.75) is 40.2 Å². The zero-order valence-electron chi connectivity index (χ0n) is 13.1. The van der Waals surface area contributed by atoms with Crippen molar-refractivity contribution in [2.75, 3.05) is 0 Å². The number of esters is 1. The number of aromatic nitrogens is 1. The first kappa shape index (κ1) is 15.3. The first-order chi connectivity index (χ1) is 9.81. The summed E-state index contributed by atoms with van der Waals surface area (Å²) in [5, 5.41) is 0. The molecule has 0 saturated heterocycles. The molecule has 0 saturated carbocycles. The number of oxazole rings is 1. The quantitative estimate of drug-likeness (QED) is 0.795. The van der Waals surface area contributed by atoms with Crippen LogP contribution in [0.5, 0.6) is 0 Å². The van der Waals surface area contributed by atoms with Crippen molar-refractivity contribution in [3.05, 3.63) is 41.8 Å². The Morgan fingerprint density at radius 3 is 2.43 bits per heavy atom. The number of rotatable bonds is 4. The van der Waals surface area contributed by atoms with Crippen LogP contribution in [0.15, 0.2) is 34.7 Å². The maximum atomic E-state index is 11.8. The third kappa shape index (κ3) is 3.32. The zero-order valence-corrected chi connectivity index (χ0v) is 13.1. The van der Waals surface area contributed by atoms with Crippen molar-refractivity contribution >= 4 is 5.97 Å². The van der Waals surface area contributed by atoms with Gasteiger partial charge in [-0.15, -0.1) is 0 Å². The Labute approximate surface area is 125 Å². The highest BCUT2D eigenvalue weighted by Gasteiger charge is 2.32. The molecule has 21 heavy (non-hydrogen) atoms. The second-order valence-electron chi connectivity index (χ2n) is 5.88. The lowest BCUT2D eigenvalue weighted by atomic mass is 10.0. The van der Waals surface area contributed by atoms with Crippen molar-refractivity contribution in [1.82, 2.24) is 4.98 Å². The summed E-state index contributed by atoms with van der Waals surface area (Å²) in [6, 6.07) is 9.66. The van der Waals surface area contributed by atoms with Gasteiger partial charge in [-0.05, 0) is 32.9 Å². The van der Waals surface area contributed by atoms with Gasteiger partial charge in [0.1, 0.15) is 11.5 Å². The molecule has 0 spiro atoms. The van der Waals surface area contributed by atoms with Gasteiger partial charge in [-0.1, -0.05) is 32.0 Å². The fourth-order valence-corrected chi connectivity index (χ4v) is 2.08. The molecule has 0 aliphatic carbocycles. The molecule has 0 aliphatic rings. The van der Waals surface area contributed by atoms with Crippen LogP contribution >= 0.6 is 0 Å². The molecule has 0 amide bonds. The summed E-state index contributed by atoms with van der Waals surface area (Å²) in [6.07, 6.45) is 0. The molecule has 112 valence electrons. The normalized spacial score (nSPS) is 11.7. The Kier molecular flexibility index (Phi) is 4.16. The van der Waals surface area contributed by atoms with Gasteiger partial charge in [0, 0.05) is 5.56 Å². The van der Waals surface area contributed by atoms with Gasteiger partial charge in [0.15, 0.2) is 5.60 Å². The topological polar surface area (TPSA) is 52.3 Å². The molecular formula is C17H21NO3. The number of aryl methyl sites for hydroxylation is 1. The fraction of sp³-hybridized carbons (Fsp3) is 0.412. The number of carbonyl (C=O) groups is 1. The molecule has 1 heterocycles. The SMILES string of the molecule is Cc1oc(-c2ccccc2)nc1C(C)(C)OC(=O)C(C)C. The predicted octanol–water partition coefficient (Wildman–Crippen LogP) is 4.08. The second kappa shape index (κ2) is 5.72. The summed E-state index contributed by atoms with van der Waals surface area (Å²) in [7, 11) is 0. The number of ether oxygens (including phenoxy) is 1. The Morgan fingerprint density at radius 2 is 1.86 bits per heavy atom. The van der Waals surface area contributed by atoms with Gasteiger partial charge >= 0.3 is 5.97 Å². The highest BCUT2D eigenvalue weighted by molar-refractivity contribution is 5.72. The molecule has 2 aromatic rings. The van der Waals surface area contributed by atoms with Crippen molar-refractivity contribution in [2.24, 2.45) is 5.92 Å². The highest BCUT2D eigenvalue weighted by atomic mass is 16.6. The van der Waals surface area contributed by atoms with E-state index in [0.29, 0.717) is 17.3 Å². The summed E-state index contributed by atoms with van der Waals surface area (Å²) >= 11 is 0. The van der Waals surface area contributed by atoms with Gasteiger partial charge in [-0.3, -0.25) is 4.79 Å². The maximum Gasteiger partial charge on any atom is 0.309 e. The van der Waals surface area contributed by atoms with Crippen LogP contribution < -0.4 is 0 Å². The van der Waals surface area contributed by atoms with Gasteiger partial charge in [0.25, 0.3) is 0 Å². The lowest BCUT2D eigenvalue weighted by molar-refractivity contribution is -0.161. The van der Waals surface area contributed by atoms with E-state index in [1.165, 1.54) is 0 Å². The Balaban J connectivity index is 2.32. The first-order valence-electron chi connectivity index (χ1n) is 7.07. The molecule has 4 nitrogen and oxygen atoms in total. The smallest absolute Gasteiger partial charge is 0.309 e. The van der Waals surface area contributed by atoms with E-state index < -0.39 is 5.60 Å². The van der Waals surface area contributed by atoms with Crippen molar-refractivity contribution in [3.8, 4) is 11.5 Å². The minimum absolute atomic E-state index is 0.176. The molecule has 2 rings (SSSR count). The minimum atomic E-state index is -0.817. The van der Waals surface area contributed by atoms with E-state index >= 15 is 0 Å². The summed E-state index contributed by atoms with van der Waals surface area (Å²) in [5.74, 6) is 0.779. The third-order valence-electron chi connectivity index (χ3n) is 3.21. The molecule has 0 bridgehead atoms. The standard InChI is InChI=1S/C17H21NO3/c1-11(2)16(19)21-17(4,5)14-12(3)20-15(18-14)13-9-7-6-8-10-13/h6-11H,1-5H3. The Morgan fingerprint density at radius 1 is 1.24 bits per heavy atom. The van der Waals surface area contributed by atoms with Crippen LogP contribution in [0.2, 0.25) is 0 Å². The number of hydrogen-bond donors (Lipinski definition) is 0. The lowest BCUT2D eigenvalue weighted by Gasteiger charge is -2.24. The largest absolute Gasteiger partial charge is 0.453 e. The monoisotopic (exact) mass is 287 g/mol. The molecular weight excluding hydrogens is 266 g/mol. The summed E-state index contributed by atoms with van der Waals surface area (Å²) in [5.41, 5.74) is 0.732. The minimum Gasteiger partial charge on any atom is -0.453 e. The van der Waals surface area contributed by atoms with Gasteiger partial charge in [0.05, 0.1) is 5.92 Å². The van der Waals surface area contributed by atoms with Crippen LogP contribution in [0.1, 0.15) is 39.1 Å². The van der Waals surface area contributed by atoms with Gasteiger partial charge < -0.3 is 9.15 Å². The fourth-order valence-electron chi connectivity index (χ4n) is 2.08. The van der Waals surface area contributed by atoms with E-state index in [2.05, 4.69) is 4.98 Å². The highest BCUT2D eigenvalue weighted by Crippen LogP contribution is 2.31. The maximum absolute atomic E-state index is 11.8. The van der Waals surface area contributed by atoms with Gasteiger partial charge in [-0.2, -0.15) is 0 Å². The van der Waals surface area contributed by atoms with Gasteiger partial charge in [0.2, 0.25) is 5.89 Å². The number of hydrogen-bond acceptors (Lipinski definition) is 4. The van der Waals surface area contributed by atoms with E-state index in [1.807, 2.05) is 65.0 Å². The van der Waals surface area contributed by atoms with E-state index in [-0.39, 0.29) is 11.9 Å². The Hall–Kier alpha value is -2.10. The lowest BCUT2D eigenvalue weighted by Crippen LogP contribution is -2.29. The number of benzene rings is 1. The van der Waals surface area contributed by atoms with Crippen molar-refractivity contribution < 1.29 is 13.9 Å². The van der Waals surface area contributed by atoms with E-state index in [9.17, 15) is 4.79 Å². The third-order valence-corrected chi connectivity index (χ3v) is 3.21. The van der Waals surface area contributed by atoms with Crippen LogP contribution in [0.4, 0.5) is 0 Å². The van der Waals surface area contributed by atoms with Crippen molar-refractivity contribution in [3.63, 3.8) is 0 Å². The molecule has 0 N–H and O–H groups in total. The molecule has 0 unspecified atom stereocenters. The molecule has 0 aliphatic heterocycles. The molecule has 1 aromatic carbocycles. The van der Waals surface area contributed by atoms with Crippen LogP contribution in [-0.2, 0) is 15.1 Å². The molecule has 1 aromatic heterocycles. The Bertz CT molecular complexity index is 627. The van der Waals surface area contributed by atoms with E-state index in [4.69, 9.17) is 9.15 Å². The summed E-state index contributed by atoms with van der Waals surface area (Å²) in [4.78, 5) is 16.4. The predicted molar refractivity (Wildman–Crippen MR) is 80.6 cm³/mol. The van der Waals surface area contributed by atoms with E-state index in [0.717, 1.165) is 5.56 Å². The molecule has 0 radical (unpaired) electrons. The van der Waals surface area contributed by atoms with Crippen LogP contribution in [-0.4, -0.2) is 11.0 Å². The summed E-state index contributed by atoms with van der Waals surface area (Å²) < 4.78 is 11.3. The summed E-state index contributed by atoms with van der Waals surface area (Å²) in [6.45, 7) is 9.10. The molecule has 0 atom stereocenters. The van der Waals surface area contributed by atoms with Gasteiger partial charge in [-0.25, -0.2) is 4.98 Å². The zero-order chi connectivity index (χ0) is 15.6. The van der Waals surface area contributed by atoms with E-state index in [1.54, 1.807) is 0 Å². The van der Waals surface area contributed by atoms with Crippen LogP contribution in [0, 0.1) is 12.8 Å². The first-order valence-corrected chi connectivity index (χ1v) is 7.07. The molecule has 4 heteroatoms. The molecule has 0 fully saturated rings. The number of carbonyl (C=O) groups excluding carboxylic acids is 1.